The average molecular weight is 356 g/mol. The zero-order valence-electron chi connectivity index (χ0n) is 14.2. The van der Waals surface area contributed by atoms with Crippen LogP contribution in [0.5, 0.6) is 5.75 Å². The molecular weight excluding hydrogens is 336 g/mol. The molecule has 0 aliphatic heterocycles. The van der Waals surface area contributed by atoms with Crippen molar-refractivity contribution in [1.29, 1.82) is 0 Å². The van der Waals surface area contributed by atoms with Gasteiger partial charge in [-0.05, 0) is 24.6 Å². The second-order valence-electron chi connectivity index (χ2n) is 5.53. The first-order valence-corrected chi connectivity index (χ1v) is 9.08. The number of amides is 1. The number of ether oxygens (including phenoxy) is 1. The fourth-order valence-electron chi connectivity index (χ4n) is 2.64. The van der Waals surface area contributed by atoms with Crippen LogP contribution < -0.4 is 10.5 Å². The second kappa shape index (κ2) is 7.57. The maximum absolute atomic E-state index is 11.9. The van der Waals surface area contributed by atoms with Crippen LogP contribution in [-0.4, -0.2) is 33.3 Å². The number of hydrogen-bond acceptors (Lipinski definition) is 5. The van der Waals surface area contributed by atoms with Gasteiger partial charge < -0.3 is 15.0 Å². The molecule has 0 atom stereocenters. The van der Waals surface area contributed by atoms with E-state index in [1.807, 2.05) is 28.8 Å². The third kappa shape index (κ3) is 3.46. The Morgan fingerprint density at radius 3 is 2.92 bits per heavy atom. The van der Waals surface area contributed by atoms with Gasteiger partial charge in [0.05, 0.1) is 23.6 Å². The number of carbonyl (C=O) groups is 1. The van der Waals surface area contributed by atoms with Gasteiger partial charge >= 0.3 is 0 Å². The van der Waals surface area contributed by atoms with E-state index in [0.717, 1.165) is 29.3 Å². The molecule has 3 rings (SSSR count). The fraction of sp³-hybridized carbons (Fsp3) is 0.278. The van der Waals surface area contributed by atoms with Crippen molar-refractivity contribution in [2.24, 2.45) is 5.73 Å². The quantitative estimate of drug-likeness (QED) is 0.398. The highest BCUT2D eigenvalue weighted by molar-refractivity contribution is 7.99. The van der Waals surface area contributed by atoms with Crippen LogP contribution in [0.2, 0.25) is 0 Å². The van der Waals surface area contributed by atoms with Crippen LogP contribution in [0, 0.1) is 0 Å². The van der Waals surface area contributed by atoms with E-state index >= 15 is 0 Å². The Kier molecular flexibility index (Phi) is 5.23. The fourth-order valence-corrected chi connectivity index (χ4v) is 3.55. The van der Waals surface area contributed by atoms with Gasteiger partial charge in [-0.3, -0.25) is 4.79 Å². The van der Waals surface area contributed by atoms with Gasteiger partial charge in [-0.15, -0.1) is 0 Å². The molecule has 7 heteroatoms. The van der Waals surface area contributed by atoms with Gasteiger partial charge in [-0.1, -0.05) is 31.2 Å². The van der Waals surface area contributed by atoms with Gasteiger partial charge in [0.1, 0.15) is 11.6 Å². The first-order chi connectivity index (χ1) is 12.2. The Labute approximate surface area is 150 Å². The van der Waals surface area contributed by atoms with Crippen LogP contribution in [-0.2, 0) is 0 Å². The highest BCUT2D eigenvalue weighted by atomic mass is 32.2. The number of nitrogens with two attached hydrogens (primary N) is 1. The smallest absolute Gasteiger partial charge is 0.251 e. The molecule has 1 aromatic carbocycles. The third-order valence-corrected chi connectivity index (χ3v) is 4.82. The van der Waals surface area contributed by atoms with Crippen molar-refractivity contribution in [3.05, 3.63) is 42.2 Å². The molecule has 2 aromatic heterocycles. The number of carbonyl (C=O) groups excluding carboxylic acids is 1. The van der Waals surface area contributed by atoms with E-state index in [1.165, 1.54) is 0 Å². The Morgan fingerprint density at radius 1 is 1.36 bits per heavy atom. The summed E-state index contributed by atoms with van der Waals surface area (Å²) in [5, 5.41) is 1.41. The normalized spacial score (nSPS) is 11.0. The monoisotopic (exact) mass is 356 g/mol. The summed E-state index contributed by atoms with van der Waals surface area (Å²) in [7, 11) is 1.57. The topological polar surface area (TPSA) is 83.0 Å². The minimum atomic E-state index is -0.500. The van der Waals surface area contributed by atoms with Gasteiger partial charge in [-0.2, -0.15) is 0 Å². The van der Waals surface area contributed by atoms with E-state index in [4.69, 9.17) is 10.5 Å². The average Bonchev–Trinajstić information content (AvgIpc) is 3.02. The van der Waals surface area contributed by atoms with Gasteiger partial charge in [-0.25, -0.2) is 9.97 Å². The van der Waals surface area contributed by atoms with Gasteiger partial charge in [0.2, 0.25) is 0 Å². The molecule has 0 spiro atoms. The van der Waals surface area contributed by atoms with Gasteiger partial charge in [0, 0.05) is 18.1 Å². The number of nitrogens with zero attached hydrogens (tertiary/aromatic N) is 3. The highest BCUT2D eigenvalue weighted by Gasteiger charge is 2.18. The summed E-state index contributed by atoms with van der Waals surface area (Å²) in [6.45, 7) is 2.16. The van der Waals surface area contributed by atoms with E-state index in [0.29, 0.717) is 22.5 Å². The predicted octanol–water partition coefficient (Wildman–Crippen LogP) is 3.42. The molecule has 6 nitrogen and oxygen atoms in total. The number of fused-ring (bicyclic) bond motifs is 1. The number of methoxy groups -OCH3 is 1. The summed E-state index contributed by atoms with van der Waals surface area (Å²) < 4.78 is 7.25. The van der Waals surface area contributed by atoms with Crippen LogP contribution in [0.1, 0.15) is 30.1 Å². The van der Waals surface area contributed by atoms with Crippen molar-refractivity contribution in [3.8, 4) is 11.6 Å². The largest absolute Gasteiger partial charge is 0.496 e. The summed E-state index contributed by atoms with van der Waals surface area (Å²) in [5.41, 5.74) is 6.79. The zero-order valence-corrected chi connectivity index (χ0v) is 15.0. The van der Waals surface area contributed by atoms with Crippen LogP contribution in [0.3, 0.4) is 0 Å². The Hall–Kier alpha value is -2.54. The Morgan fingerprint density at radius 2 is 2.20 bits per heavy atom. The molecule has 3 aromatic rings. The van der Waals surface area contributed by atoms with Crippen molar-refractivity contribution < 1.29 is 9.53 Å². The van der Waals surface area contributed by atoms with Crippen LogP contribution in [0.25, 0.3) is 16.7 Å². The molecule has 0 bridgehead atoms. The van der Waals surface area contributed by atoms with Crippen LogP contribution in [0.4, 0.5) is 0 Å². The number of unbranched alkanes of at least 4 members (excludes halogenated alkanes) is 1. The highest BCUT2D eigenvalue weighted by Crippen LogP contribution is 2.32. The molecule has 0 fully saturated rings. The maximum atomic E-state index is 11.9. The number of hydrogen-bond donors (Lipinski definition) is 1. The van der Waals surface area contributed by atoms with Crippen molar-refractivity contribution >= 4 is 28.6 Å². The standard InChI is InChI=1S/C18H20N4O2S/c1-3-4-10-25-18-20-9-8-15(21-18)22-11-12(17(19)23)16-13(22)6-5-7-14(16)24-2/h5-9,11H,3-4,10H2,1-2H3,(H2,19,23). The number of primary amides is 1. The number of aromatic nitrogens is 3. The predicted molar refractivity (Wildman–Crippen MR) is 99.6 cm³/mol. The molecule has 2 N–H and O–H groups in total. The minimum absolute atomic E-state index is 0.409. The molecule has 25 heavy (non-hydrogen) atoms. The molecule has 2 heterocycles. The van der Waals surface area contributed by atoms with E-state index in [1.54, 1.807) is 31.3 Å². The summed E-state index contributed by atoms with van der Waals surface area (Å²) in [6.07, 6.45) is 5.69. The first kappa shape index (κ1) is 17.3. The van der Waals surface area contributed by atoms with E-state index in [-0.39, 0.29) is 0 Å². The second-order valence-corrected chi connectivity index (χ2v) is 6.59. The molecule has 0 radical (unpaired) electrons. The number of thioether (sulfide) groups is 1. The molecule has 1 amide bonds. The summed E-state index contributed by atoms with van der Waals surface area (Å²) in [4.78, 5) is 20.8. The summed E-state index contributed by atoms with van der Waals surface area (Å²) >= 11 is 1.63. The van der Waals surface area contributed by atoms with Crippen molar-refractivity contribution in [2.75, 3.05) is 12.9 Å². The minimum Gasteiger partial charge on any atom is -0.496 e. The summed E-state index contributed by atoms with van der Waals surface area (Å²) in [5.74, 6) is 1.78. The molecule has 0 saturated heterocycles. The SMILES string of the molecule is CCCCSc1nccc(-n2cc(C(N)=O)c3c(OC)cccc32)n1. The maximum Gasteiger partial charge on any atom is 0.251 e. The van der Waals surface area contributed by atoms with Crippen LogP contribution in [0.15, 0.2) is 41.8 Å². The number of rotatable bonds is 7. The van der Waals surface area contributed by atoms with E-state index in [9.17, 15) is 4.79 Å². The van der Waals surface area contributed by atoms with Crippen molar-refractivity contribution in [2.45, 2.75) is 24.9 Å². The molecular formula is C18H20N4O2S. The third-order valence-electron chi connectivity index (χ3n) is 3.87. The zero-order chi connectivity index (χ0) is 17.8. The number of benzene rings is 1. The molecule has 0 saturated carbocycles. The van der Waals surface area contributed by atoms with Gasteiger partial charge in [0.25, 0.3) is 5.91 Å². The van der Waals surface area contributed by atoms with E-state index in [2.05, 4.69) is 16.9 Å². The lowest BCUT2D eigenvalue weighted by Crippen LogP contribution is -2.10. The Balaban J connectivity index is 2.10. The lowest BCUT2D eigenvalue weighted by molar-refractivity contribution is 0.100. The van der Waals surface area contributed by atoms with Crippen molar-refractivity contribution in [1.82, 2.24) is 14.5 Å². The van der Waals surface area contributed by atoms with Crippen molar-refractivity contribution in [3.63, 3.8) is 0 Å². The van der Waals surface area contributed by atoms with Gasteiger partial charge in [0.15, 0.2) is 5.16 Å². The molecule has 0 aliphatic rings. The first-order valence-electron chi connectivity index (χ1n) is 8.09. The molecule has 0 unspecified atom stereocenters. The Bertz CT molecular complexity index is 907. The molecule has 130 valence electrons. The lowest BCUT2D eigenvalue weighted by Gasteiger charge is -2.07. The molecule has 0 aliphatic carbocycles. The van der Waals surface area contributed by atoms with Crippen LogP contribution >= 0.6 is 11.8 Å². The van der Waals surface area contributed by atoms with E-state index < -0.39 is 5.91 Å². The lowest BCUT2D eigenvalue weighted by atomic mass is 10.1. The summed E-state index contributed by atoms with van der Waals surface area (Å²) in [6, 6.07) is 7.41.